The molecular weight excluding hydrogens is 282 g/mol. The van der Waals surface area contributed by atoms with Crippen molar-refractivity contribution in [1.82, 2.24) is 0 Å². The van der Waals surface area contributed by atoms with E-state index in [0.717, 1.165) is 13.8 Å². The van der Waals surface area contributed by atoms with Crippen LogP contribution in [0.1, 0.15) is 30.0 Å². The molecule has 1 aromatic carbocycles. The van der Waals surface area contributed by atoms with E-state index >= 15 is 0 Å². The Morgan fingerprint density at radius 1 is 0.950 bits per heavy atom. The lowest BCUT2D eigenvalue weighted by atomic mass is 9.96. The summed E-state index contributed by atoms with van der Waals surface area (Å²) < 4.78 is 80.7. The summed E-state index contributed by atoms with van der Waals surface area (Å²) in [4.78, 5) is 0. The Hall–Kier alpha value is -1.72. The Kier molecular flexibility index (Phi) is 5.03. The predicted octanol–water partition coefficient (Wildman–Crippen LogP) is 5.59. The Balaban J connectivity index is 3.85. The third kappa shape index (κ3) is 2.59. The van der Waals surface area contributed by atoms with Crippen LogP contribution in [0.4, 0.5) is 26.3 Å². The van der Waals surface area contributed by atoms with E-state index in [-0.39, 0.29) is 11.1 Å². The molecule has 1 rings (SSSR count). The predicted molar refractivity (Wildman–Crippen MR) is 64.4 cm³/mol. The molecule has 110 valence electrons. The minimum Gasteiger partial charge on any atom is -0.212 e. The summed E-state index contributed by atoms with van der Waals surface area (Å²) in [5.41, 5.74) is -3.10. The molecule has 0 unspecified atom stereocenters. The van der Waals surface area contributed by atoms with Crippen molar-refractivity contribution in [3.8, 4) is 0 Å². The van der Waals surface area contributed by atoms with Crippen molar-refractivity contribution >= 4 is 5.57 Å². The molecule has 0 saturated heterocycles. The molecule has 0 saturated carbocycles. The molecule has 0 bridgehead atoms. The van der Waals surface area contributed by atoms with Crippen LogP contribution in [0.5, 0.6) is 0 Å². The van der Waals surface area contributed by atoms with Gasteiger partial charge in [0.2, 0.25) is 0 Å². The number of hydrogen-bond donors (Lipinski definition) is 0. The topological polar surface area (TPSA) is 0 Å². The van der Waals surface area contributed by atoms with Gasteiger partial charge in [-0.15, -0.1) is 0 Å². The van der Waals surface area contributed by atoms with Gasteiger partial charge in [-0.1, -0.05) is 6.92 Å². The maximum atomic E-state index is 14.0. The minimum atomic E-state index is -1.80. The molecule has 0 nitrogen and oxygen atoms in total. The standard InChI is InChI=1S/C14H12F6/c1-4-8(16)10(9(17)5-15)11-12(18)6(2)7(3)13(19)14(11)20/h5H,4H2,1-3H3/b9-5-,10-8-. The first kappa shape index (κ1) is 16.3. The summed E-state index contributed by atoms with van der Waals surface area (Å²) in [6.45, 7) is 3.50. The van der Waals surface area contributed by atoms with E-state index < -0.39 is 53.0 Å². The van der Waals surface area contributed by atoms with Crippen molar-refractivity contribution < 1.29 is 26.3 Å². The third-order valence-corrected chi connectivity index (χ3v) is 3.02. The Labute approximate surface area is 112 Å². The van der Waals surface area contributed by atoms with Crippen LogP contribution in [-0.2, 0) is 0 Å². The van der Waals surface area contributed by atoms with Gasteiger partial charge in [-0.2, -0.15) is 0 Å². The first-order valence-electron chi connectivity index (χ1n) is 5.76. The quantitative estimate of drug-likeness (QED) is 0.387. The lowest BCUT2D eigenvalue weighted by molar-refractivity contribution is 0.479. The van der Waals surface area contributed by atoms with Crippen molar-refractivity contribution in [2.75, 3.05) is 0 Å². The van der Waals surface area contributed by atoms with Crippen molar-refractivity contribution in [2.45, 2.75) is 27.2 Å². The van der Waals surface area contributed by atoms with E-state index in [9.17, 15) is 26.3 Å². The number of rotatable bonds is 3. The molecule has 20 heavy (non-hydrogen) atoms. The Morgan fingerprint density at radius 3 is 1.90 bits per heavy atom. The SMILES string of the molecule is CC/C(F)=C(\C(F)=C\F)c1c(F)c(C)c(C)c(F)c1F. The van der Waals surface area contributed by atoms with E-state index in [1.165, 1.54) is 6.92 Å². The summed E-state index contributed by atoms with van der Waals surface area (Å²) in [7, 11) is 0. The number of allylic oxidation sites excluding steroid dienone is 3. The van der Waals surface area contributed by atoms with Crippen molar-refractivity contribution in [3.05, 3.63) is 52.1 Å². The monoisotopic (exact) mass is 294 g/mol. The highest BCUT2D eigenvalue weighted by Crippen LogP contribution is 2.36. The van der Waals surface area contributed by atoms with E-state index in [1.807, 2.05) is 0 Å². The Bertz CT molecular complexity index is 569. The van der Waals surface area contributed by atoms with Crippen LogP contribution >= 0.6 is 0 Å². The average Bonchev–Trinajstić information content (AvgIpc) is 2.45. The summed E-state index contributed by atoms with van der Waals surface area (Å²) in [5, 5.41) is 0. The van der Waals surface area contributed by atoms with E-state index in [4.69, 9.17) is 0 Å². The van der Waals surface area contributed by atoms with Crippen LogP contribution in [0, 0.1) is 31.3 Å². The molecule has 1 aromatic rings. The molecule has 0 fully saturated rings. The second-order valence-electron chi connectivity index (χ2n) is 4.16. The van der Waals surface area contributed by atoms with Gasteiger partial charge in [-0.25, -0.2) is 26.3 Å². The molecule has 0 aliphatic heterocycles. The molecule has 0 aromatic heterocycles. The van der Waals surface area contributed by atoms with E-state index in [0.29, 0.717) is 0 Å². The molecule has 0 amide bonds. The summed E-state index contributed by atoms with van der Waals surface area (Å²) in [6.07, 6.45) is -1.05. The van der Waals surface area contributed by atoms with Gasteiger partial charge in [0.15, 0.2) is 17.5 Å². The maximum Gasteiger partial charge on any atom is 0.170 e. The van der Waals surface area contributed by atoms with E-state index in [1.54, 1.807) is 0 Å². The molecule has 0 spiro atoms. The summed E-state index contributed by atoms with van der Waals surface area (Å²) in [5.74, 6) is -7.58. The van der Waals surface area contributed by atoms with Crippen LogP contribution in [0.15, 0.2) is 18.0 Å². The van der Waals surface area contributed by atoms with Gasteiger partial charge < -0.3 is 0 Å². The zero-order valence-corrected chi connectivity index (χ0v) is 11.1. The lowest BCUT2D eigenvalue weighted by Crippen LogP contribution is -2.06. The zero-order chi connectivity index (χ0) is 15.6. The highest BCUT2D eigenvalue weighted by Gasteiger charge is 2.27. The molecule has 0 N–H and O–H groups in total. The fourth-order valence-corrected chi connectivity index (χ4v) is 1.72. The van der Waals surface area contributed by atoms with Gasteiger partial charge in [0, 0.05) is 0 Å². The largest absolute Gasteiger partial charge is 0.212 e. The van der Waals surface area contributed by atoms with Gasteiger partial charge in [0.05, 0.1) is 11.1 Å². The van der Waals surface area contributed by atoms with Crippen molar-refractivity contribution in [1.29, 1.82) is 0 Å². The number of halogens is 6. The van der Waals surface area contributed by atoms with Crippen LogP contribution in [-0.4, -0.2) is 0 Å². The van der Waals surface area contributed by atoms with E-state index in [2.05, 4.69) is 0 Å². The molecule has 0 atom stereocenters. The number of benzene rings is 1. The second kappa shape index (κ2) is 6.15. The van der Waals surface area contributed by atoms with Crippen LogP contribution in [0.25, 0.3) is 5.57 Å². The smallest absolute Gasteiger partial charge is 0.170 e. The van der Waals surface area contributed by atoms with Crippen molar-refractivity contribution in [2.24, 2.45) is 0 Å². The van der Waals surface area contributed by atoms with Crippen LogP contribution in [0.2, 0.25) is 0 Å². The van der Waals surface area contributed by atoms with Gasteiger partial charge >= 0.3 is 0 Å². The summed E-state index contributed by atoms with van der Waals surface area (Å²) >= 11 is 0. The fraction of sp³-hybridized carbons (Fsp3) is 0.286. The molecule has 0 radical (unpaired) electrons. The maximum absolute atomic E-state index is 14.0. The fourth-order valence-electron chi connectivity index (χ4n) is 1.72. The average molecular weight is 294 g/mol. The van der Waals surface area contributed by atoms with Crippen molar-refractivity contribution in [3.63, 3.8) is 0 Å². The first-order valence-corrected chi connectivity index (χ1v) is 5.76. The molecule has 6 heteroatoms. The molecule has 0 aliphatic carbocycles. The highest BCUT2D eigenvalue weighted by molar-refractivity contribution is 5.79. The normalized spacial score (nSPS) is 13.6. The lowest BCUT2D eigenvalue weighted by Gasteiger charge is -2.14. The second-order valence-corrected chi connectivity index (χ2v) is 4.16. The van der Waals surface area contributed by atoms with Gasteiger partial charge in [-0.05, 0) is 31.4 Å². The van der Waals surface area contributed by atoms with Crippen LogP contribution < -0.4 is 0 Å². The molecule has 0 aliphatic rings. The van der Waals surface area contributed by atoms with Crippen LogP contribution in [0.3, 0.4) is 0 Å². The number of hydrogen-bond acceptors (Lipinski definition) is 0. The Morgan fingerprint density at radius 2 is 1.45 bits per heavy atom. The minimum absolute atomic E-state index is 0.299. The summed E-state index contributed by atoms with van der Waals surface area (Å²) in [6, 6.07) is 0. The molecule has 0 heterocycles. The third-order valence-electron chi connectivity index (χ3n) is 3.02. The van der Waals surface area contributed by atoms with Gasteiger partial charge in [-0.3, -0.25) is 0 Å². The zero-order valence-electron chi connectivity index (χ0n) is 11.1. The van der Waals surface area contributed by atoms with Gasteiger partial charge in [0.25, 0.3) is 0 Å². The van der Waals surface area contributed by atoms with Gasteiger partial charge in [0.1, 0.15) is 18.0 Å². The highest BCUT2D eigenvalue weighted by atomic mass is 19.2. The molecular formula is C14H12F6. The first-order chi connectivity index (χ1) is 9.27.